The van der Waals surface area contributed by atoms with Crippen LogP contribution in [-0.4, -0.2) is 28.6 Å². The van der Waals surface area contributed by atoms with Crippen molar-refractivity contribution in [2.45, 2.75) is 25.9 Å². The highest BCUT2D eigenvalue weighted by atomic mass is 16.5. The van der Waals surface area contributed by atoms with Gasteiger partial charge in [0.25, 0.3) is 0 Å². The summed E-state index contributed by atoms with van der Waals surface area (Å²) in [6.07, 6.45) is 4.81. The molecule has 2 aromatic rings. The molecule has 1 heterocycles. The number of methoxy groups -OCH3 is 1. The number of benzene rings is 1. The molecule has 0 amide bonds. The van der Waals surface area contributed by atoms with Crippen LogP contribution in [0, 0.1) is 0 Å². The van der Waals surface area contributed by atoms with E-state index in [1.54, 1.807) is 13.3 Å². The lowest BCUT2D eigenvalue weighted by Crippen LogP contribution is -2.14. The van der Waals surface area contributed by atoms with Gasteiger partial charge in [-0.2, -0.15) is 5.10 Å². The number of nitrogens with zero attached hydrogens (tertiary/aromatic N) is 2. The lowest BCUT2D eigenvalue weighted by Gasteiger charge is -2.16. The molecular formula is C15H21N3O2. The van der Waals surface area contributed by atoms with E-state index in [1.165, 1.54) is 0 Å². The largest absolute Gasteiger partial charge is 0.497 e. The van der Waals surface area contributed by atoms with E-state index in [2.05, 4.69) is 17.3 Å². The van der Waals surface area contributed by atoms with Gasteiger partial charge in [-0.15, -0.1) is 0 Å². The van der Waals surface area contributed by atoms with Crippen molar-refractivity contribution in [1.29, 1.82) is 0 Å². The van der Waals surface area contributed by atoms with E-state index in [9.17, 15) is 5.11 Å². The first kappa shape index (κ1) is 14.4. The molecule has 0 radical (unpaired) electrons. The Kier molecular flexibility index (Phi) is 5.01. The average molecular weight is 275 g/mol. The molecule has 0 saturated heterocycles. The standard InChI is InChI=1S/C15H21N3O2/c1-3-8-18-10-12(9-16-18)15(11-19)17-13-4-6-14(20-2)7-5-13/h4-7,9-10,15,17,19H,3,8,11H2,1-2H3. The molecule has 0 aliphatic rings. The van der Waals surface area contributed by atoms with Gasteiger partial charge in [0.2, 0.25) is 0 Å². The van der Waals surface area contributed by atoms with Crippen LogP contribution in [0.4, 0.5) is 5.69 Å². The molecule has 0 aliphatic heterocycles. The molecule has 20 heavy (non-hydrogen) atoms. The van der Waals surface area contributed by atoms with E-state index < -0.39 is 0 Å². The minimum atomic E-state index is -0.158. The van der Waals surface area contributed by atoms with E-state index in [0.717, 1.165) is 30.0 Å². The quantitative estimate of drug-likeness (QED) is 0.815. The van der Waals surface area contributed by atoms with Crippen LogP contribution in [0.1, 0.15) is 24.9 Å². The van der Waals surface area contributed by atoms with Crippen LogP contribution in [0.15, 0.2) is 36.7 Å². The minimum Gasteiger partial charge on any atom is -0.497 e. The zero-order chi connectivity index (χ0) is 14.4. The van der Waals surface area contributed by atoms with E-state index >= 15 is 0 Å². The van der Waals surface area contributed by atoms with Gasteiger partial charge in [-0.25, -0.2) is 0 Å². The first-order valence-corrected chi connectivity index (χ1v) is 6.80. The van der Waals surface area contributed by atoms with Gasteiger partial charge in [0.05, 0.1) is 26.0 Å². The second-order valence-electron chi connectivity index (χ2n) is 4.64. The number of ether oxygens (including phenoxy) is 1. The Bertz CT molecular complexity index is 522. The number of anilines is 1. The third-order valence-corrected chi connectivity index (χ3v) is 3.12. The van der Waals surface area contributed by atoms with Crippen LogP contribution < -0.4 is 10.1 Å². The van der Waals surface area contributed by atoms with Gasteiger partial charge in [0.1, 0.15) is 5.75 Å². The Labute approximate surface area is 119 Å². The van der Waals surface area contributed by atoms with Gasteiger partial charge >= 0.3 is 0 Å². The molecule has 0 fully saturated rings. The van der Waals surface area contributed by atoms with Crippen molar-refractivity contribution in [1.82, 2.24) is 9.78 Å². The molecule has 5 nitrogen and oxygen atoms in total. The summed E-state index contributed by atoms with van der Waals surface area (Å²) in [4.78, 5) is 0. The maximum absolute atomic E-state index is 9.56. The Morgan fingerprint density at radius 3 is 2.70 bits per heavy atom. The van der Waals surface area contributed by atoms with Crippen molar-refractivity contribution in [2.75, 3.05) is 19.0 Å². The van der Waals surface area contributed by atoms with Crippen molar-refractivity contribution >= 4 is 5.69 Å². The van der Waals surface area contributed by atoms with Crippen molar-refractivity contribution in [3.63, 3.8) is 0 Å². The summed E-state index contributed by atoms with van der Waals surface area (Å²) in [7, 11) is 1.64. The van der Waals surface area contributed by atoms with E-state index in [0.29, 0.717) is 0 Å². The average Bonchev–Trinajstić information content (AvgIpc) is 2.94. The van der Waals surface area contributed by atoms with E-state index in [-0.39, 0.29) is 12.6 Å². The first-order chi connectivity index (χ1) is 9.76. The van der Waals surface area contributed by atoms with Crippen LogP contribution >= 0.6 is 0 Å². The van der Waals surface area contributed by atoms with E-state index in [1.807, 2.05) is 35.1 Å². The van der Waals surface area contributed by atoms with Gasteiger partial charge in [-0.1, -0.05) is 6.92 Å². The molecule has 0 aliphatic carbocycles. The fraction of sp³-hybridized carbons (Fsp3) is 0.400. The molecule has 108 valence electrons. The Morgan fingerprint density at radius 2 is 2.10 bits per heavy atom. The minimum absolute atomic E-state index is 0.0177. The SMILES string of the molecule is CCCn1cc(C(CO)Nc2ccc(OC)cc2)cn1. The number of rotatable bonds is 7. The van der Waals surface area contributed by atoms with Crippen LogP contribution in [0.3, 0.4) is 0 Å². The molecule has 1 unspecified atom stereocenters. The second-order valence-corrected chi connectivity index (χ2v) is 4.64. The Balaban J connectivity index is 2.06. The summed E-state index contributed by atoms with van der Waals surface area (Å²) in [6, 6.07) is 7.47. The number of aliphatic hydroxyl groups is 1. The summed E-state index contributed by atoms with van der Waals surface area (Å²) >= 11 is 0. The molecular weight excluding hydrogens is 254 g/mol. The van der Waals surface area contributed by atoms with Gasteiger partial charge in [0, 0.05) is 24.0 Å². The summed E-state index contributed by atoms with van der Waals surface area (Å²) in [5.41, 5.74) is 1.92. The van der Waals surface area contributed by atoms with E-state index in [4.69, 9.17) is 4.74 Å². The Morgan fingerprint density at radius 1 is 1.35 bits per heavy atom. The van der Waals surface area contributed by atoms with Crippen LogP contribution in [0.2, 0.25) is 0 Å². The normalized spacial score (nSPS) is 12.2. The highest BCUT2D eigenvalue weighted by Crippen LogP contribution is 2.21. The highest BCUT2D eigenvalue weighted by Gasteiger charge is 2.12. The predicted octanol–water partition coefficient (Wildman–Crippen LogP) is 2.45. The van der Waals surface area contributed by atoms with Crippen LogP contribution in [0.5, 0.6) is 5.75 Å². The smallest absolute Gasteiger partial charge is 0.119 e. The fourth-order valence-corrected chi connectivity index (χ4v) is 2.03. The molecule has 1 aromatic heterocycles. The molecule has 0 saturated carbocycles. The number of hydrogen-bond acceptors (Lipinski definition) is 4. The van der Waals surface area contributed by atoms with Crippen LogP contribution in [0.25, 0.3) is 0 Å². The Hall–Kier alpha value is -2.01. The van der Waals surface area contributed by atoms with Gasteiger partial charge in [0.15, 0.2) is 0 Å². The van der Waals surface area contributed by atoms with Crippen LogP contribution in [-0.2, 0) is 6.54 Å². The summed E-state index contributed by atoms with van der Waals surface area (Å²) in [6.45, 7) is 3.02. The van der Waals surface area contributed by atoms with Gasteiger partial charge < -0.3 is 15.2 Å². The monoisotopic (exact) mass is 275 g/mol. The first-order valence-electron chi connectivity index (χ1n) is 6.80. The third kappa shape index (κ3) is 3.51. The zero-order valence-corrected chi connectivity index (χ0v) is 11.9. The fourth-order valence-electron chi connectivity index (χ4n) is 2.03. The molecule has 0 bridgehead atoms. The second kappa shape index (κ2) is 6.96. The molecule has 0 spiro atoms. The highest BCUT2D eigenvalue weighted by molar-refractivity contribution is 5.48. The lowest BCUT2D eigenvalue weighted by atomic mass is 10.1. The topological polar surface area (TPSA) is 59.3 Å². The van der Waals surface area contributed by atoms with Gasteiger partial charge in [-0.05, 0) is 30.7 Å². The number of aromatic nitrogens is 2. The molecule has 1 atom stereocenters. The maximum atomic E-state index is 9.56. The molecule has 2 rings (SSSR count). The van der Waals surface area contributed by atoms with Crippen molar-refractivity contribution in [2.24, 2.45) is 0 Å². The van der Waals surface area contributed by atoms with Crippen molar-refractivity contribution < 1.29 is 9.84 Å². The number of hydrogen-bond donors (Lipinski definition) is 2. The number of aryl methyl sites for hydroxylation is 1. The van der Waals surface area contributed by atoms with Crippen molar-refractivity contribution in [3.8, 4) is 5.75 Å². The summed E-state index contributed by atoms with van der Waals surface area (Å²) in [5.74, 6) is 0.812. The lowest BCUT2D eigenvalue weighted by molar-refractivity contribution is 0.276. The van der Waals surface area contributed by atoms with Gasteiger partial charge in [-0.3, -0.25) is 4.68 Å². The molecule has 5 heteroatoms. The zero-order valence-electron chi connectivity index (χ0n) is 11.9. The molecule has 2 N–H and O–H groups in total. The maximum Gasteiger partial charge on any atom is 0.119 e. The van der Waals surface area contributed by atoms with Crippen molar-refractivity contribution in [3.05, 3.63) is 42.2 Å². The third-order valence-electron chi connectivity index (χ3n) is 3.12. The molecule has 1 aromatic carbocycles. The number of aliphatic hydroxyl groups excluding tert-OH is 1. The summed E-state index contributed by atoms with van der Waals surface area (Å²) < 4.78 is 7.02. The predicted molar refractivity (Wildman–Crippen MR) is 79.0 cm³/mol. The number of nitrogens with one attached hydrogen (secondary N) is 1. The summed E-state index contributed by atoms with van der Waals surface area (Å²) in [5, 5.41) is 17.1.